The van der Waals surface area contributed by atoms with Crippen molar-refractivity contribution in [3.05, 3.63) is 57.6 Å². The maximum Gasteiger partial charge on any atom is 0.257 e. The summed E-state index contributed by atoms with van der Waals surface area (Å²) in [5, 5.41) is 4.60. The summed E-state index contributed by atoms with van der Waals surface area (Å²) >= 11 is 3.54. The molecule has 1 aromatic carbocycles. The Morgan fingerprint density at radius 1 is 1.06 bits per heavy atom. The molecular formula is C28H38BrN5O2. The number of halogens is 1. The molecule has 7 nitrogen and oxygen atoms in total. The quantitative estimate of drug-likeness (QED) is 0.353. The third kappa shape index (κ3) is 5.97. The largest absolute Gasteiger partial charge is 0.393 e. The zero-order valence-corrected chi connectivity index (χ0v) is 23.7. The normalized spacial score (nSPS) is 19.5. The molecule has 2 aliphatic rings. The zero-order valence-electron chi connectivity index (χ0n) is 22.1. The number of carbonyl (C=O) groups excluding carboxylic acids is 1. The van der Waals surface area contributed by atoms with Crippen molar-refractivity contribution in [1.82, 2.24) is 19.8 Å². The van der Waals surface area contributed by atoms with E-state index < -0.39 is 0 Å². The zero-order chi connectivity index (χ0) is 25.9. The fraction of sp³-hybridized carbons (Fsp3) is 0.571. The predicted octanol–water partition coefficient (Wildman–Crippen LogP) is 5.39. The van der Waals surface area contributed by atoms with Gasteiger partial charge in [-0.25, -0.2) is 9.97 Å². The molecule has 3 heterocycles. The van der Waals surface area contributed by atoms with Gasteiger partial charge in [-0.15, -0.1) is 0 Å². The van der Waals surface area contributed by atoms with Crippen molar-refractivity contribution in [3.8, 4) is 0 Å². The van der Waals surface area contributed by atoms with Crippen LogP contribution in [-0.4, -0.2) is 69.2 Å². The molecule has 2 aliphatic heterocycles. The van der Waals surface area contributed by atoms with Crippen molar-refractivity contribution < 1.29 is 9.63 Å². The van der Waals surface area contributed by atoms with Crippen LogP contribution in [0.2, 0.25) is 0 Å². The monoisotopic (exact) mass is 555 g/mol. The first-order chi connectivity index (χ1) is 17.2. The second kappa shape index (κ2) is 11.4. The minimum Gasteiger partial charge on any atom is -0.393 e. The number of likely N-dealkylation sites (tertiary alicyclic amines) is 2. The van der Waals surface area contributed by atoms with Gasteiger partial charge in [0.25, 0.3) is 5.91 Å². The molecule has 0 N–H and O–H groups in total. The Morgan fingerprint density at radius 2 is 1.64 bits per heavy atom. The maximum absolute atomic E-state index is 13.2. The molecular weight excluding hydrogens is 518 g/mol. The first kappa shape index (κ1) is 26.7. The van der Waals surface area contributed by atoms with E-state index in [1.165, 1.54) is 6.33 Å². The molecule has 2 fully saturated rings. The number of hydrogen-bond acceptors (Lipinski definition) is 6. The molecule has 0 radical (unpaired) electrons. The number of aromatic nitrogens is 2. The van der Waals surface area contributed by atoms with Crippen molar-refractivity contribution in [2.45, 2.75) is 71.9 Å². The van der Waals surface area contributed by atoms with E-state index in [-0.39, 0.29) is 17.6 Å². The van der Waals surface area contributed by atoms with Crippen LogP contribution in [0.1, 0.15) is 73.8 Å². The summed E-state index contributed by atoms with van der Waals surface area (Å²) in [5.74, 6) is 0.433. The smallest absolute Gasteiger partial charge is 0.257 e. The van der Waals surface area contributed by atoms with E-state index >= 15 is 0 Å². The van der Waals surface area contributed by atoms with Gasteiger partial charge in [-0.3, -0.25) is 9.69 Å². The standard InChI is InChI=1S/C28H38BrN5O2/c1-19(2)36-32-26(22-6-8-24(29)9-7-22)23-10-14-34(15-11-23)28(5)12-16-33(17-13-28)27(35)25-20(3)30-18-31-21(25)4/h6-9,18-19,23H,10-17H2,1-5H3/b32-26+. The molecule has 0 atom stereocenters. The number of carbonyl (C=O) groups is 1. The van der Waals surface area contributed by atoms with Gasteiger partial charge in [0, 0.05) is 29.0 Å². The lowest BCUT2D eigenvalue weighted by atomic mass is 9.82. The Bertz CT molecular complexity index is 1070. The maximum atomic E-state index is 13.2. The fourth-order valence-electron chi connectivity index (χ4n) is 5.41. The summed E-state index contributed by atoms with van der Waals surface area (Å²) in [4.78, 5) is 32.0. The lowest BCUT2D eigenvalue weighted by molar-refractivity contribution is 0.0158. The van der Waals surface area contributed by atoms with E-state index in [9.17, 15) is 4.79 Å². The number of piperidine rings is 2. The number of oxime groups is 1. The van der Waals surface area contributed by atoms with Gasteiger partial charge in [0.05, 0.1) is 22.7 Å². The first-order valence-corrected chi connectivity index (χ1v) is 13.8. The summed E-state index contributed by atoms with van der Waals surface area (Å²) < 4.78 is 1.06. The van der Waals surface area contributed by atoms with Crippen LogP contribution in [0.25, 0.3) is 0 Å². The van der Waals surface area contributed by atoms with Gasteiger partial charge >= 0.3 is 0 Å². The molecule has 2 aromatic rings. The minimum atomic E-state index is 0.0531. The van der Waals surface area contributed by atoms with Crippen molar-refractivity contribution in [1.29, 1.82) is 0 Å². The summed E-state index contributed by atoms with van der Waals surface area (Å²) in [6.45, 7) is 13.7. The van der Waals surface area contributed by atoms with Crippen LogP contribution >= 0.6 is 15.9 Å². The number of benzene rings is 1. The molecule has 4 rings (SSSR count). The lowest BCUT2D eigenvalue weighted by Crippen LogP contribution is -2.56. The average Bonchev–Trinajstić information content (AvgIpc) is 2.85. The van der Waals surface area contributed by atoms with E-state index in [1.807, 2.05) is 32.6 Å². The molecule has 36 heavy (non-hydrogen) atoms. The second-order valence-corrected chi connectivity index (χ2v) is 11.5. The Hall–Kier alpha value is -2.32. The summed E-state index contributed by atoms with van der Waals surface area (Å²) in [7, 11) is 0. The van der Waals surface area contributed by atoms with E-state index in [2.05, 4.69) is 67.1 Å². The van der Waals surface area contributed by atoms with Crippen molar-refractivity contribution in [3.63, 3.8) is 0 Å². The highest BCUT2D eigenvalue weighted by molar-refractivity contribution is 9.10. The third-order valence-electron chi connectivity index (χ3n) is 7.72. The van der Waals surface area contributed by atoms with Gasteiger partial charge in [0.2, 0.25) is 0 Å². The summed E-state index contributed by atoms with van der Waals surface area (Å²) in [6.07, 6.45) is 5.62. The SMILES string of the molecule is Cc1ncnc(C)c1C(=O)N1CCC(C)(N2CCC(/C(=N/OC(C)C)c3ccc(Br)cc3)CC2)CC1. The third-order valence-corrected chi connectivity index (χ3v) is 8.24. The fourth-order valence-corrected chi connectivity index (χ4v) is 5.67. The Kier molecular flexibility index (Phi) is 8.45. The molecule has 2 saturated heterocycles. The van der Waals surface area contributed by atoms with Gasteiger partial charge in [0.1, 0.15) is 12.4 Å². The molecule has 1 aromatic heterocycles. The Balaban J connectivity index is 1.39. The van der Waals surface area contributed by atoms with E-state index in [0.29, 0.717) is 11.5 Å². The Morgan fingerprint density at radius 3 is 2.19 bits per heavy atom. The highest BCUT2D eigenvalue weighted by Crippen LogP contribution is 2.34. The van der Waals surface area contributed by atoms with Crippen LogP contribution in [0.3, 0.4) is 0 Å². The van der Waals surface area contributed by atoms with Crippen molar-refractivity contribution >= 4 is 27.5 Å². The van der Waals surface area contributed by atoms with Crippen LogP contribution in [0.5, 0.6) is 0 Å². The highest BCUT2D eigenvalue weighted by atomic mass is 79.9. The van der Waals surface area contributed by atoms with Gasteiger partial charge in [-0.1, -0.05) is 33.2 Å². The average molecular weight is 557 g/mol. The highest BCUT2D eigenvalue weighted by Gasteiger charge is 2.39. The molecule has 1 amide bonds. The number of rotatable bonds is 6. The molecule has 0 bridgehead atoms. The molecule has 0 saturated carbocycles. The number of nitrogens with zero attached hydrogens (tertiary/aromatic N) is 5. The molecule has 0 unspecified atom stereocenters. The number of hydrogen-bond donors (Lipinski definition) is 0. The summed E-state index contributed by atoms with van der Waals surface area (Å²) in [5.41, 5.74) is 4.45. The van der Waals surface area contributed by atoms with E-state index in [4.69, 9.17) is 4.84 Å². The van der Waals surface area contributed by atoms with Gasteiger partial charge in [-0.05, 0) is 91.1 Å². The minimum absolute atomic E-state index is 0.0531. The second-order valence-electron chi connectivity index (χ2n) is 10.6. The predicted molar refractivity (Wildman–Crippen MR) is 146 cm³/mol. The van der Waals surface area contributed by atoms with Gasteiger partial charge < -0.3 is 9.74 Å². The molecule has 8 heteroatoms. The molecule has 0 aliphatic carbocycles. The topological polar surface area (TPSA) is 70.9 Å². The summed E-state index contributed by atoms with van der Waals surface area (Å²) in [6, 6.07) is 8.37. The number of aryl methyl sites for hydroxylation is 2. The molecule has 0 spiro atoms. The van der Waals surface area contributed by atoms with E-state index in [0.717, 1.165) is 79.0 Å². The van der Waals surface area contributed by atoms with Crippen LogP contribution in [0.15, 0.2) is 40.2 Å². The van der Waals surface area contributed by atoms with Crippen molar-refractivity contribution in [2.75, 3.05) is 26.2 Å². The van der Waals surface area contributed by atoms with Crippen LogP contribution in [0, 0.1) is 19.8 Å². The van der Waals surface area contributed by atoms with Gasteiger partial charge in [0.15, 0.2) is 0 Å². The number of amides is 1. The van der Waals surface area contributed by atoms with Crippen LogP contribution < -0.4 is 0 Å². The van der Waals surface area contributed by atoms with Gasteiger partial charge in [-0.2, -0.15) is 0 Å². The lowest BCUT2D eigenvalue weighted by Gasteiger charge is -2.49. The van der Waals surface area contributed by atoms with Crippen LogP contribution in [-0.2, 0) is 4.84 Å². The van der Waals surface area contributed by atoms with E-state index in [1.54, 1.807) is 0 Å². The molecule has 194 valence electrons. The van der Waals surface area contributed by atoms with Crippen LogP contribution in [0.4, 0.5) is 0 Å². The van der Waals surface area contributed by atoms with Crippen molar-refractivity contribution in [2.24, 2.45) is 11.1 Å². The Labute approximate surface area is 223 Å². The first-order valence-electron chi connectivity index (χ1n) is 13.0.